The lowest BCUT2D eigenvalue weighted by Gasteiger charge is -2.32. The first-order chi connectivity index (χ1) is 9.56. The summed E-state index contributed by atoms with van der Waals surface area (Å²) in [5.74, 6) is -0.110. The van der Waals surface area contributed by atoms with E-state index in [1.807, 2.05) is 14.0 Å². The Labute approximate surface area is 122 Å². The maximum absolute atomic E-state index is 12.3. The minimum atomic E-state index is -0.677. The molecule has 1 amide bonds. The summed E-state index contributed by atoms with van der Waals surface area (Å²) >= 11 is 1.35. The number of thioether (sulfide) groups is 1. The molecule has 1 heterocycles. The number of nitriles is 1. The number of aryl methyl sites for hydroxylation is 1. The van der Waals surface area contributed by atoms with E-state index in [1.54, 1.807) is 10.9 Å². The van der Waals surface area contributed by atoms with Gasteiger partial charge in [0.1, 0.15) is 11.9 Å². The number of rotatable bonds is 4. The highest BCUT2D eigenvalue weighted by Gasteiger charge is 2.35. The lowest BCUT2D eigenvalue weighted by Crippen LogP contribution is -2.50. The quantitative estimate of drug-likeness (QED) is 0.853. The zero-order chi connectivity index (χ0) is 14.6. The molecule has 1 N–H and O–H groups in total. The second kappa shape index (κ2) is 6.27. The number of carbonyl (C=O) groups is 1. The summed E-state index contributed by atoms with van der Waals surface area (Å²) in [6, 6.07) is 2.30. The first kappa shape index (κ1) is 14.9. The first-order valence-electron chi connectivity index (χ1n) is 6.80. The molecule has 0 saturated heterocycles. The average molecular weight is 293 g/mol. The summed E-state index contributed by atoms with van der Waals surface area (Å²) in [5, 5.41) is 20.4. The molecule has 20 heavy (non-hydrogen) atoms. The summed E-state index contributed by atoms with van der Waals surface area (Å²) in [7, 11) is 1.84. The maximum atomic E-state index is 12.3. The molecule has 7 heteroatoms. The Bertz CT molecular complexity index is 515. The number of hydrogen-bond acceptors (Lipinski definition) is 5. The Morgan fingerprint density at radius 1 is 1.55 bits per heavy atom. The van der Waals surface area contributed by atoms with Gasteiger partial charge in [-0.3, -0.25) is 4.79 Å². The zero-order valence-electron chi connectivity index (χ0n) is 11.8. The van der Waals surface area contributed by atoms with Gasteiger partial charge in [0, 0.05) is 7.05 Å². The maximum Gasteiger partial charge on any atom is 0.234 e. The van der Waals surface area contributed by atoms with Gasteiger partial charge in [0.15, 0.2) is 5.16 Å². The predicted octanol–water partition coefficient (Wildman–Crippen LogP) is 1.64. The minimum Gasteiger partial charge on any atom is -0.337 e. The molecular formula is C13H19N5OS. The van der Waals surface area contributed by atoms with Gasteiger partial charge in [-0.1, -0.05) is 31.0 Å². The van der Waals surface area contributed by atoms with Gasteiger partial charge in [-0.25, -0.2) is 0 Å². The zero-order valence-corrected chi connectivity index (χ0v) is 12.6. The molecule has 0 aromatic carbocycles. The molecule has 1 fully saturated rings. The van der Waals surface area contributed by atoms with E-state index in [9.17, 15) is 10.1 Å². The number of amides is 1. The van der Waals surface area contributed by atoms with Crippen molar-refractivity contribution in [3.63, 3.8) is 0 Å². The van der Waals surface area contributed by atoms with Crippen LogP contribution in [-0.2, 0) is 11.8 Å². The van der Waals surface area contributed by atoms with Crippen molar-refractivity contribution in [2.45, 2.75) is 55.0 Å². The molecule has 1 aromatic rings. The Morgan fingerprint density at radius 2 is 2.25 bits per heavy atom. The Balaban J connectivity index is 1.97. The number of nitrogens with zero attached hydrogens (tertiary/aromatic N) is 4. The van der Waals surface area contributed by atoms with E-state index in [0.29, 0.717) is 5.16 Å². The third-order valence-electron chi connectivity index (χ3n) is 3.60. The molecule has 0 radical (unpaired) electrons. The van der Waals surface area contributed by atoms with Gasteiger partial charge in [-0.15, -0.1) is 10.2 Å². The van der Waals surface area contributed by atoms with Crippen LogP contribution < -0.4 is 5.32 Å². The molecule has 0 unspecified atom stereocenters. The van der Waals surface area contributed by atoms with Gasteiger partial charge < -0.3 is 9.88 Å². The van der Waals surface area contributed by atoms with E-state index in [2.05, 4.69) is 21.6 Å². The Morgan fingerprint density at radius 3 is 2.80 bits per heavy atom. The van der Waals surface area contributed by atoms with Gasteiger partial charge in [-0.2, -0.15) is 5.26 Å². The van der Waals surface area contributed by atoms with Gasteiger partial charge in [0.2, 0.25) is 5.91 Å². The highest BCUT2D eigenvalue weighted by molar-refractivity contribution is 8.00. The highest BCUT2D eigenvalue weighted by Crippen LogP contribution is 2.28. The third-order valence-corrected chi connectivity index (χ3v) is 4.75. The molecule has 6 nitrogen and oxygen atoms in total. The van der Waals surface area contributed by atoms with Crippen molar-refractivity contribution in [2.24, 2.45) is 7.05 Å². The summed E-state index contributed by atoms with van der Waals surface area (Å²) in [6.45, 7) is 1.82. The van der Waals surface area contributed by atoms with Gasteiger partial charge in [-0.05, 0) is 19.8 Å². The fourth-order valence-electron chi connectivity index (χ4n) is 2.35. The van der Waals surface area contributed by atoms with E-state index in [4.69, 9.17) is 0 Å². The molecule has 1 aliphatic rings. The van der Waals surface area contributed by atoms with Crippen molar-refractivity contribution < 1.29 is 4.79 Å². The third kappa shape index (κ3) is 3.31. The van der Waals surface area contributed by atoms with Gasteiger partial charge in [0.05, 0.1) is 11.3 Å². The highest BCUT2D eigenvalue weighted by atomic mass is 32.2. The van der Waals surface area contributed by atoms with Gasteiger partial charge >= 0.3 is 0 Å². The van der Waals surface area contributed by atoms with Crippen LogP contribution >= 0.6 is 11.8 Å². The molecule has 2 rings (SSSR count). The Kier molecular flexibility index (Phi) is 4.65. The van der Waals surface area contributed by atoms with E-state index < -0.39 is 5.54 Å². The van der Waals surface area contributed by atoms with Crippen LogP contribution in [-0.4, -0.2) is 31.5 Å². The SMILES string of the molecule is C[C@H](Sc1nncn1C)C(=O)NC1(C#N)CCCCC1. The molecule has 1 saturated carbocycles. The minimum absolute atomic E-state index is 0.110. The largest absolute Gasteiger partial charge is 0.337 e. The first-order valence-corrected chi connectivity index (χ1v) is 7.68. The van der Waals surface area contributed by atoms with Gasteiger partial charge in [0.25, 0.3) is 0 Å². The fourth-order valence-corrected chi connectivity index (χ4v) is 3.14. The molecule has 1 aromatic heterocycles. The van der Waals surface area contributed by atoms with E-state index in [0.717, 1.165) is 32.1 Å². The molecule has 108 valence electrons. The second-order valence-electron chi connectivity index (χ2n) is 5.23. The molecule has 1 atom stereocenters. The number of nitrogens with one attached hydrogen (secondary N) is 1. The summed E-state index contributed by atoms with van der Waals surface area (Å²) in [5.41, 5.74) is -0.677. The van der Waals surface area contributed by atoms with Crippen molar-refractivity contribution in [3.05, 3.63) is 6.33 Å². The van der Waals surface area contributed by atoms with Crippen molar-refractivity contribution in [1.82, 2.24) is 20.1 Å². The number of aromatic nitrogens is 3. The van der Waals surface area contributed by atoms with Crippen molar-refractivity contribution in [3.8, 4) is 6.07 Å². The van der Waals surface area contributed by atoms with E-state index in [-0.39, 0.29) is 11.2 Å². The fraction of sp³-hybridized carbons (Fsp3) is 0.692. The summed E-state index contributed by atoms with van der Waals surface area (Å²) in [4.78, 5) is 12.3. The van der Waals surface area contributed by atoms with Crippen LogP contribution in [0, 0.1) is 11.3 Å². The van der Waals surface area contributed by atoms with Crippen molar-refractivity contribution in [1.29, 1.82) is 5.26 Å². The van der Waals surface area contributed by atoms with Crippen LogP contribution in [0.3, 0.4) is 0 Å². The van der Waals surface area contributed by atoms with Crippen LogP contribution in [0.15, 0.2) is 11.5 Å². The Hall–Kier alpha value is -1.55. The standard InChI is InChI=1S/C13H19N5OS/c1-10(20-12-17-15-9-18(12)2)11(19)16-13(8-14)6-4-3-5-7-13/h9-10H,3-7H2,1-2H3,(H,16,19)/t10-/m0/s1. The predicted molar refractivity (Wildman–Crippen MR) is 75.9 cm³/mol. The van der Waals surface area contributed by atoms with Crippen LogP contribution in [0.5, 0.6) is 0 Å². The second-order valence-corrected chi connectivity index (χ2v) is 6.54. The number of hydrogen-bond donors (Lipinski definition) is 1. The van der Waals surface area contributed by atoms with Crippen molar-refractivity contribution >= 4 is 17.7 Å². The lowest BCUT2D eigenvalue weighted by molar-refractivity contribution is -0.121. The molecule has 0 spiro atoms. The smallest absolute Gasteiger partial charge is 0.234 e. The topological polar surface area (TPSA) is 83.6 Å². The molecule has 0 bridgehead atoms. The van der Waals surface area contributed by atoms with E-state index in [1.165, 1.54) is 11.8 Å². The molecule has 1 aliphatic carbocycles. The average Bonchev–Trinajstić information content (AvgIpc) is 2.85. The van der Waals surface area contributed by atoms with Crippen LogP contribution in [0.2, 0.25) is 0 Å². The van der Waals surface area contributed by atoms with Crippen molar-refractivity contribution in [2.75, 3.05) is 0 Å². The van der Waals surface area contributed by atoms with Crippen LogP contribution in [0.4, 0.5) is 0 Å². The monoisotopic (exact) mass is 293 g/mol. The van der Waals surface area contributed by atoms with Crippen LogP contribution in [0.1, 0.15) is 39.0 Å². The molecule has 0 aliphatic heterocycles. The van der Waals surface area contributed by atoms with E-state index >= 15 is 0 Å². The lowest BCUT2D eigenvalue weighted by atomic mass is 9.83. The molecular weight excluding hydrogens is 274 g/mol. The summed E-state index contributed by atoms with van der Waals surface area (Å²) in [6.07, 6.45) is 6.23. The normalized spacial score (nSPS) is 19.1. The summed E-state index contributed by atoms with van der Waals surface area (Å²) < 4.78 is 1.77. The number of carbonyl (C=O) groups excluding carboxylic acids is 1. The van der Waals surface area contributed by atoms with Crippen LogP contribution in [0.25, 0.3) is 0 Å².